The van der Waals surface area contributed by atoms with E-state index in [2.05, 4.69) is 5.32 Å². The fraction of sp³-hybridized carbons (Fsp3) is 0.435. The highest BCUT2D eigenvalue weighted by Crippen LogP contribution is 2.30. The first-order chi connectivity index (χ1) is 14.5. The zero-order chi connectivity index (χ0) is 21.1. The molecule has 2 amide bonds. The van der Waals surface area contributed by atoms with Gasteiger partial charge in [0, 0.05) is 31.2 Å². The highest BCUT2D eigenvalue weighted by molar-refractivity contribution is 5.96. The van der Waals surface area contributed by atoms with Crippen LogP contribution in [0.5, 0.6) is 0 Å². The van der Waals surface area contributed by atoms with E-state index in [4.69, 9.17) is 9.72 Å². The number of carbonyl (C=O) groups excluding carboxylic acids is 2. The van der Waals surface area contributed by atoms with Crippen molar-refractivity contribution in [1.29, 1.82) is 0 Å². The first kappa shape index (κ1) is 20.5. The third kappa shape index (κ3) is 4.36. The van der Waals surface area contributed by atoms with Gasteiger partial charge in [-0.2, -0.15) is 0 Å². The Morgan fingerprint density at radius 1 is 1.17 bits per heavy atom. The Labute approximate surface area is 175 Å². The fourth-order valence-corrected chi connectivity index (χ4v) is 4.06. The predicted octanol–water partition coefficient (Wildman–Crippen LogP) is 3.42. The van der Waals surface area contributed by atoms with Crippen LogP contribution in [0, 0.1) is 11.7 Å². The van der Waals surface area contributed by atoms with Gasteiger partial charge in [0.15, 0.2) is 0 Å². The smallest absolute Gasteiger partial charge is 0.251 e. The third-order valence-corrected chi connectivity index (χ3v) is 5.79. The first-order valence-corrected chi connectivity index (χ1v) is 10.5. The number of rotatable bonds is 4. The fourth-order valence-electron chi connectivity index (χ4n) is 4.06. The van der Waals surface area contributed by atoms with Crippen molar-refractivity contribution in [2.24, 2.45) is 5.92 Å². The van der Waals surface area contributed by atoms with E-state index in [1.165, 1.54) is 24.3 Å². The summed E-state index contributed by atoms with van der Waals surface area (Å²) in [5, 5.41) is 2.91. The second-order valence-corrected chi connectivity index (χ2v) is 7.88. The zero-order valence-electron chi connectivity index (χ0n) is 17.1. The molecule has 0 radical (unpaired) electrons. The van der Waals surface area contributed by atoms with Crippen LogP contribution in [-0.2, 0) is 16.0 Å². The van der Waals surface area contributed by atoms with Crippen LogP contribution in [0.3, 0.4) is 0 Å². The standard InChI is InChI=1S/C23H26FN3O3/c1-15(25-22(28)16-4-6-18(24)7-5-16)19-8-9-21-20(26-19)3-2-12-27(21)23(29)17-10-13-30-14-11-17/h4-9,15,17H,2-3,10-14H2,1H3,(H,25,28). The molecule has 1 aromatic carbocycles. The van der Waals surface area contributed by atoms with E-state index in [-0.39, 0.29) is 29.6 Å². The molecule has 0 aliphatic carbocycles. The molecule has 7 heteroatoms. The second-order valence-electron chi connectivity index (χ2n) is 7.88. The first-order valence-electron chi connectivity index (χ1n) is 10.5. The molecular formula is C23H26FN3O3. The van der Waals surface area contributed by atoms with Crippen LogP contribution in [0.4, 0.5) is 10.1 Å². The summed E-state index contributed by atoms with van der Waals surface area (Å²) < 4.78 is 18.5. The van der Waals surface area contributed by atoms with E-state index in [0.717, 1.165) is 42.8 Å². The molecule has 4 rings (SSSR count). The average Bonchev–Trinajstić information content (AvgIpc) is 2.78. The number of aromatic nitrogens is 1. The molecule has 0 spiro atoms. The van der Waals surface area contributed by atoms with Crippen molar-refractivity contribution in [3.05, 3.63) is 59.2 Å². The van der Waals surface area contributed by atoms with Gasteiger partial charge in [0.25, 0.3) is 5.91 Å². The molecular weight excluding hydrogens is 385 g/mol. The lowest BCUT2D eigenvalue weighted by molar-refractivity contribution is -0.125. The molecule has 6 nitrogen and oxygen atoms in total. The van der Waals surface area contributed by atoms with Gasteiger partial charge in [-0.15, -0.1) is 0 Å². The van der Waals surface area contributed by atoms with Crippen LogP contribution >= 0.6 is 0 Å². The minimum Gasteiger partial charge on any atom is -0.381 e. The summed E-state index contributed by atoms with van der Waals surface area (Å²) >= 11 is 0. The number of anilines is 1. The van der Waals surface area contributed by atoms with Gasteiger partial charge in [0.1, 0.15) is 5.82 Å². The van der Waals surface area contributed by atoms with E-state index < -0.39 is 0 Å². The second kappa shape index (κ2) is 8.92. The third-order valence-electron chi connectivity index (χ3n) is 5.79. The molecule has 0 saturated carbocycles. The van der Waals surface area contributed by atoms with Gasteiger partial charge in [-0.25, -0.2) is 4.39 Å². The predicted molar refractivity (Wildman–Crippen MR) is 111 cm³/mol. The maximum atomic E-state index is 13.1. The topological polar surface area (TPSA) is 71.5 Å². The van der Waals surface area contributed by atoms with Crippen molar-refractivity contribution in [3.8, 4) is 0 Å². The Morgan fingerprint density at radius 2 is 1.90 bits per heavy atom. The summed E-state index contributed by atoms with van der Waals surface area (Å²) in [6.45, 7) is 3.85. The molecule has 1 saturated heterocycles. The van der Waals surface area contributed by atoms with Crippen molar-refractivity contribution >= 4 is 17.5 Å². The molecule has 158 valence electrons. The lowest BCUT2D eigenvalue weighted by atomic mass is 9.96. The molecule has 1 atom stereocenters. The summed E-state index contributed by atoms with van der Waals surface area (Å²) in [5.74, 6) is -0.487. The SMILES string of the molecule is CC(NC(=O)c1ccc(F)cc1)c1ccc2c(n1)CCCN2C(=O)C1CCOCC1. The highest BCUT2D eigenvalue weighted by atomic mass is 19.1. The molecule has 1 aromatic heterocycles. The number of hydrogen-bond donors (Lipinski definition) is 1. The van der Waals surface area contributed by atoms with Crippen molar-refractivity contribution in [2.45, 2.75) is 38.6 Å². The molecule has 30 heavy (non-hydrogen) atoms. The van der Waals surface area contributed by atoms with Gasteiger partial charge in [-0.3, -0.25) is 14.6 Å². The Balaban J connectivity index is 1.48. The number of ether oxygens (including phenoxy) is 1. The number of benzene rings is 1. The highest BCUT2D eigenvalue weighted by Gasteiger charge is 2.30. The Bertz CT molecular complexity index is 926. The molecule has 1 fully saturated rings. The van der Waals surface area contributed by atoms with E-state index in [0.29, 0.717) is 25.3 Å². The van der Waals surface area contributed by atoms with Crippen molar-refractivity contribution < 1.29 is 18.7 Å². The van der Waals surface area contributed by atoms with Gasteiger partial charge in [0.2, 0.25) is 5.91 Å². The number of hydrogen-bond acceptors (Lipinski definition) is 4. The largest absolute Gasteiger partial charge is 0.381 e. The van der Waals surface area contributed by atoms with Gasteiger partial charge in [-0.1, -0.05) is 0 Å². The molecule has 3 heterocycles. The summed E-state index contributed by atoms with van der Waals surface area (Å²) in [6.07, 6.45) is 3.21. The Morgan fingerprint density at radius 3 is 2.63 bits per heavy atom. The minimum atomic E-state index is -0.379. The molecule has 1 N–H and O–H groups in total. The number of nitrogens with one attached hydrogen (secondary N) is 1. The number of aryl methyl sites for hydroxylation is 1. The quantitative estimate of drug-likeness (QED) is 0.837. The van der Waals surface area contributed by atoms with E-state index >= 15 is 0 Å². The lowest BCUT2D eigenvalue weighted by Gasteiger charge is -2.33. The number of fused-ring (bicyclic) bond motifs is 1. The van der Waals surface area contributed by atoms with Crippen LogP contribution in [-0.4, -0.2) is 36.6 Å². The van der Waals surface area contributed by atoms with E-state index in [9.17, 15) is 14.0 Å². The van der Waals surface area contributed by atoms with Crippen molar-refractivity contribution in [1.82, 2.24) is 10.3 Å². The zero-order valence-corrected chi connectivity index (χ0v) is 17.1. The van der Waals surface area contributed by atoms with Crippen LogP contribution in [0.25, 0.3) is 0 Å². The summed E-state index contributed by atoms with van der Waals surface area (Å²) in [5.41, 5.74) is 2.90. The molecule has 0 bridgehead atoms. The number of pyridine rings is 1. The van der Waals surface area contributed by atoms with Gasteiger partial charge >= 0.3 is 0 Å². The van der Waals surface area contributed by atoms with Crippen LogP contribution in [0.15, 0.2) is 36.4 Å². The monoisotopic (exact) mass is 411 g/mol. The Hall–Kier alpha value is -2.80. The molecule has 2 aliphatic heterocycles. The normalized spacial score (nSPS) is 17.9. The molecule has 2 aliphatic rings. The summed E-state index contributed by atoms with van der Waals surface area (Å²) in [7, 11) is 0. The van der Waals surface area contributed by atoms with E-state index in [1.807, 2.05) is 24.0 Å². The van der Waals surface area contributed by atoms with Gasteiger partial charge < -0.3 is 15.0 Å². The van der Waals surface area contributed by atoms with Crippen LogP contribution in [0.1, 0.15) is 54.0 Å². The average molecular weight is 411 g/mol. The van der Waals surface area contributed by atoms with E-state index in [1.54, 1.807) is 0 Å². The van der Waals surface area contributed by atoms with Crippen molar-refractivity contribution in [3.63, 3.8) is 0 Å². The van der Waals surface area contributed by atoms with Crippen LogP contribution < -0.4 is 10.2 Å². The number of halogens is 1. The van der Waals surface area contributed by atoms with Gasteiger partial charge in [0.05, 0.1) is 23.1 Å². The molecule has 1 unspecified atom stereocenters. The number of amides is 2. The summed E-state index contributed by atoms with van der Waals surface area (Å²) in [4.78, 5) is 32.1. The maximum absolute atomic E-state index is 13.1. The number of nitrogens with zero attached hydrogens (tertiary/aromatic N) is 2. The minimum absolute atomic E-state index is 0.0123. The summed E-state index contributed by atoms with van der Waals surface area (Å²) in [6, 6.07) is 8.93. The van der Waals surface area contributed by atoms with Gasteiger partial charge in [-0.05, 0) is 69.0 Å². The molecule has 2 aromatic rings. The van der Waals surface area contributed by atoms with Crippen molar-refractivity contribution in [2.75, 3.05) is 24.7 Å². The Kier molecular flexibility index (Phi) is 6.08. The lowest BCUT2D eigenvalue weighted by Crippen LogP contribution is -2.41. The maximum Gasteiger partial charge on any atom is 0.251 e. The van der Waals surface area contributed by atoms with Crippen LogP contribution in [0.2, 0.25) is 0 Å². The number of carbonyl (C=O) groups is 2.